The van der Waals surface area contributed by atoms with Gasteiger partial charge in [-0.1, -0.05) is 19.1 Å². The van der Waals surface area contributed by atoms with E-state index in [-0.39, 0.29) is 0 Å². The third kappa shape index (κ3) is 3.71. The highest BCUT2D eigenvalue weighted by molar-refractivity contribution is 5.26. The summed E-state index contributed by atoms with van der Waals surface area (Å²) in [5.74, 6) is 1.73. The molecule has 19 heavy (non-hydrogen) atoms. The molecule has 1 saturated heterocycles. The molecule has 1 heterocycles. The van der Waals surface area contributed by atoms with E-state index in [9.17, 15) is 5.11 Å². The predicted octanol–water partition coefficient (Wildman–Crippen LogP) is 2.24. The summed E-state index contributed by atoms with van der Waals surface area (Å²) in [6.45, 7) is 7.70. The van der Waals surface area contributed by atoms with E-state index in [0.29, 0.717) is 17.7 Å². The summed E-state index contributed by atoms with van der Waals surface area (Å²) in [5, 5.41) is 9.31. The van der Waals surface area contributed by atoms with Crippen molar-refractivity contribution in [3.63, 3.8) is 0 Å². The van der Waals surface area contributed by atoms with Crippen molar-refractivity contribution in [3.05, 3.63) is 29.8 Å². The molecule has 3 N–H and O–H groups in total. The fourth-order valence-corrected chi connectivity index (χ4v) is 2.99. The maximum Gasteiger partial charge on any atom is 0.115 e. The number of rotatable bonds is 4. The molecule has 0 amide bonds. The van der Waals surface area contributed by atoms with Crippen molar-refractivity contribution in [2.24, 2.45) is 17.6 Å². The van der Waals surface area contributed by atoms with Gasteiger partial charge in [-0.3, -0.25) is 4.90 Å². The van der Waals surface area contributed by atoms with Gasteiger partial charge in [0.2, 0.25) is 0 Å². The van der Waals surface area contributed by atoms with Gasteiger partial charge >= 0.3 is 0 Å². The first kappa shape index (κ1) is 14.4. The molecule has 1 aliphatic heterocycles. The molecule has 0 radical (unpaired) electrons. The molecule has 0 spiro atoms. The lowest BCUT2D eigenvalue weighted by Crippen LogP contribution is -2.47. The maximum absolute atomic E-state index is 9.31. The quantitative estimate of drug-likeness (QED) is 0.875. The summed E-state index contributed by atoms with van der Waals surface area (Å²) in [6, 6.07) is 8.09. The van der Waals surface area contributed by atoms with Crippen LogP contribution in [-0.4, -0.2) is 35.7 Å². The second-order valence-electron chi connectivity index (χ2n) is 5.98. The summed E-state index contributed by atoms with van der Waals surface area (Å²) in [4.78, 5) is 2.56. The second kappa shape index (κ2) is 6.40. The summed E-state index contributed by atoms with van der Waals surface area (Å²) in [6.07, 6.45) is 2.29. The van der Waals surface area contributed by atoms with Crippen molar-refractivity contribution < 1.29 is 5.11 Å². The number of phenolic OH excluding ortho intramolecular Hbond substituents is 1. The summed E-state index contributed by atoms with van der Waals surface area (Å²) in [7, 11) is 0. The Hall–Kier alpha value is -1.06. The third-order valence-electron chi connectivity index (χ3n) is 4.54. The topological polar surface area (TPSA) is 49.5 Å². The number of benzene rings is 1. The monoisotopic (exact) mass is 262 g/mol. The molecule has 0 aromatic heterocycles. The number of aromatic hydroxyl groups is 1. The minimum atomic E-state index is 0.339. The molecule has 2 rings (SSSR count). The minimum Gasteiger partial charge on any atom is -0.508 e. The molecule has 0 saturated carbocycles. The van der Waals surface area contributed by atoms with Crippen LogP contribution in [0.1, 0.15) is 25.8 Å². The van der Waals surface area contributed by atoms with Gasteiger partial charge in [-0.2, -0.15) is 0 Å². The number of nitrogens with zero attached hydrogens (tertiary/aromatic N) is 1. The SMILES string of the molecule is CC1CCN(C(C)Cc2ccc(O)cc2)CC1CN. The van der Waals surface area contributed by atoms with Crippen LogP contribution in [0.15, 0.2) is 24.3 Å². The van der Waals surface area contributed by atoms with Crippen molar-refractivity contribution in [1.29, 1.82) is 0 Å². The van der Waals surface area contributed by atoms with E-state index in [2.05, 4.69) is 18.7 Å². The summed E-state index contributed by atoms with van der Waals surface area (Å²) in [5.41, 5.74) is 7.16. The van der Waals surface area contributed by atoms with Crippen LogP contribution in [-0.2, 0) is 6.42 Å². The molecular weight excluding hydrogens is 236 g/mol. The first-order valence-corrected chi connectivity index (χ1v) is 7.32. The van der Waals surface area contributed by atoms with Crippen LogP contribution in [0, 0.1) is 11.8 Å². The van der Waals surface area contributed by atoms with Crippen LogP contribution in [0.2, 0.25) is 0 Å². The smallest absolute Gasteiger partial charge is 0.115 e. The molecule has 3 nitrogen and oxygen atoms in total. The van der Waals surface area contributed by atoms with Gasteiger partial charge in [-0.25, -0.2) is 0 Å². The Labute approximate surface area is 116 Å². The predicted molar refractivity (Wildman–Crippen MR) is 79.2 cm³/mol. The van der Waals surface area contributed by atoms with Crippen LogP contribution in [0.3, 0.4) is 0 Å². The molecule has 3 unspecified atom stereocenters. The van der Waals surface area contributed by atoms with Crippen LogP contribution in [0.5, 0.6) is 5.75 Å². The lowest BCUT2D eigenvalue weighted by molar-refractivity contribution is 0.0978. The molecule has 1 aromatic carbocycles. The van der Waals surface area contributed by atoms with E-state index in [1.54, 1.807) is 12.1 Å². The molecule has 0 bridgehead atoms. The Morgan fingerprint density at radius 2 is 2.05 bits per heavy atom. The van der Waals surface area contributed by atoms with Gasteiger partial charge in [-0.05, 0) is 62.4 Å². The largest absolute Gasteiger partial charge is 0.508 e. The van der Waals surface area contributed by atoms with Gasteiger partial charge < -0.3 is 10.8 Å². The van der Waals surface area contributed by atoms with Gasteiger partial charge in [0, 0.05) is 12.6 Å². The van der Waals surface area contributed by atoms with E-state index in [1.807, 2.05) is 12.1 Å². The molecule has 1 fully saturated rings. The van der Waals surface area contributed by atoms with Gasteiger partial charge in [-0.15, -0.1) is 0 Å². The van der Waals surface area contributed by atoms with Crippen LogP contribution < -0.4 is 5.73 Å². The fourth-order valence-electron chi connectivity index (χ4n) is 2.99. The third-order valence-corrected chi connectivity index (χ3v) is 4.54. The molecule has 3 heteroatoms. The Balaban J connectivity index is 1.92. The second-order valence-corrected chi connectivity index (χ2v) is 5.98. The lowest BCUT2D eigenvalue weighted by Gasteiger charge is -2.40. The highest BCUT2D eigenvalue weighted by Gasteiger charge is 2.27. The Kier molecular flexibility index (Phi) is 4.83. The van der Waals surface area contributed by atoms with Crippen molar-refractivity contribution >= 4 is 0 Å². The standard InChI is InChI=1S/C16H26N2O/c1-12-7-8-18(11-15(12)10-17)13(2)9-14-3-5-16(19)6-4-14/h3-6,12-13,15,19H,7-11,17H2,1-2H3. The van der Waals surface area contributed by atoms with Crippen molar-refractivity contribution in [2.75, 3.05) is 19.6 Å². The highest BCUT2D eigenvalue weighted by atomic mass is 16.3. The Morgan fingerprint density at radius 1 is 1.37 bits per heavy atom. The van der Waals surface area contributed by atoms with Crippen LogP contribution >= 0.6 is 0 Å². The number of piperidine rings is 1. The zero-order chi connectivity index (χ0) is 13.8. The van der Waals surface area contributed by atoms with Crippen LogP contribution in [0.4, 0.5) is 0 Å². The van der Waals surface area contributed by atoms with E-state index in [0.717, 1.165) is 25.4 Å². The maximum atomic E-state index is 9.31. The first-order valence-electron chi connectivity index (χ1n) is 7.32. The Bertz CT molecular complexity index is 390. The van der Waals surface area contributed by atoms with Crippen molar-refractivity contribution in [3.8, 4) is 5.75 Å². The average Bonchev–Trinajstić information content (AvgIpc) is 2.42. The number of likely N-dealkylation sites (tertiary alicyclic amines) is 1. The average molecular weight is 262 g/mol. The summed E-state index contributed by atoms with van der Waals surface area (Å²) >= 11 is 0. The lowest BCUT2D eigenvalue weighted by atomic mass is 9.86. The zero-order valence-electron chi connectivity index (χ0n) is 12.0. The van der Waals surface area contributed by atoms with Gasteiger partial charge in [0.1, 0.15) is 5.75 Å². The number of hydrogen-bond donors (Lipinski definition) is 2. The Morgan fingerprint density at radius 3 is 2.68 bits per heavy atom. The molecular formula is C16H26N2O. The number of phenols is 1. The first-order chi connectivity index (χ1) is 9.10. The van der Waals surface area contributed by atoms with Gasteiger partial charge in [0.15, 0.2) is 0 Å². The molecule has 3 atom stereocenters. The van der Waals surface area contributed by atoms with Gasteiger partial charge in [0.05, 0.1) is 0 Å². The van der Waals surface area contributed by atoms with E-state index in [4.69, 9.17) is 5.73 Å². The molecule has 1 aromatic rings. The molecule has 106 valence electrons. The van der Waals surface area contributed by atoms with E-state index in [1.165, 1.54) is 18.5 Å². The van der Waals surface area contributed by atoms with Gasteiger partial charge in [0.25, 0.3) is 0 Å². The van der Waals surface area contributed by atoms with E-state index < -0.39 is 0 Å². The molecule has 0 aliphatic carbocycles. The minimum absolute atomic E-state index is 0.339. The highest BCUT2D eigenvalue weighted by Crippen LogP contribution is 2.24. The summed E-state index contributed by atoms with van der Waals surface area (Å²) < 4.78 is 0. The molecule has 1 aliphatic rings. The van der Waals surface area contributed by atoms with Crippen LogP contribution in [0.25, 0.3) is 0 Å². The van der Waals surface area contributed by atoms with E-state index >= 15 is 0 Å². The fraction of sp³-hybridized carbons (Fsp3) is 0.625. The van der Waals surface area contributed by atoms with Crippen molar-refractivity contribution in [1.82, 2.24) is 4.90 Å². The normalized spacial score (nSPS) is 26.3. The number of nitrogens with two attached hydrogens (primary N) is 1. The number of hydrogen-bond acceptors (Lipinski definition) is 3. The van der Waals surface area contributed by atoms with Crippen molar-refractivity contribution in [2.45, 2.75) is 32.7 Å². The zero-order valence-corrected chi connectivity index (χ0v) is 12.0.